The minimum atomic E-state index is -0.931. The Balaban J connectivity index is 1.26. The second-order valence-electron chi connectivity index (χ2n) is 11.3. The summed E-state index contributed by atoms with van der Waals surface area (Å²) in [5.74, 6) is 0.930. The fourth-order valence-corrected chi connectivity index (χ4v) is 6.98. The Labute approximate surface area is 237 Å². The van der Waals surface area contributed by atoms with Gasteiger partial charge in [0.05, 0.1) is 12.1 Å². The molecule has 9 nitrogen and oxygen atoms in total. The standard InChI is InChI=1S/C30H34N4O5S/c1-18-13-23(28(39-18)20-8-11-25(31-16-20)33-12-4-7-26(33)35)24-17-40-30(32-24)34(22-9-10-22)29(38)21(15-27(36)37)14-19-5-2-3-6-19/h8,11,13,16-17,19,21-22H,2-7,9-10,12,14-15H2,1H3,(H,36,37). The number of aliphatic carboxylic acids is 1. The SMILES string of the molecule is Cc1cc(-c2csc(N(C(=O)C(CC(=O)O)CC3CCCC3)C3CC3)n2)c(-c2ccc(N3CCCC3=O)nc2)o1. The highest BCUT2D eigenvalue weighted by Gasteiger charge is 2.40. The number of rotatable bonds is 10. The van der Waals surface area contributed by atoms with Gasteiger partial charge in [-0.05, 0) is 56.7 Å². The normalized spacial score (nSPS) is 18.4. The Morgan fingerprint density at radius 1 is 1.20 bits per heavy atom. The second-order valence-corrected chi connectivity index (χ2v) is 12.1. The van der Waals surface area contributed by atoms with E-state index in [4.69, 9.17) is 9.40 Å². The molecule has 1 N–H and O–H groups in total. The van der Waals surface area contributed by atoms with Crippen LogP contribution < -0.4 is 9.80 Å². The van der Waals surface area contributed by atoms with E-state index in [1.165, 1.54) is 11.3 Å². The summed E-state index contributed by atoms with van der Waals surface area (Å²) in [6.07, 6.45) is 9.84. The van der Waals surface area contributed by atoms with Gasteiger partial charge in [-0.15, -0.1) is 11.3 Å². The van der Waals surface area contributed by atoms with Crippen LogP contribution in [0.5, 0.6) is 0 Å². The van der Waals surface area contributed by atoms with Crippen LogP contribution in [-0.4, -0.2) is 45.4 Å². The molecule has 3 fully saturated rings. The van der Waals surface area contributed by atoms with E-state index in [9.17, 15) is 19.5 Å². The summed E-state index contributed by atoms with van der Waals surface area (Å²) in [5.41, 5.74) is 2.29. The van der Waals surface area contributed by atoms with Gasteiger partial charge in [0.1, 0.15) is 17.3 Å². The molecule has 0 spiro atoms. The van der Waals surface area contributed by atoms with Crippen LogP contribution in [0, 0.1) is 18.8 Å². The maximum absolute atomic E-state index is 13.8. The number of aryl methyl sites for hydroxylation is 1. The summed E-state index contributed by atoms with van der Waals surface area (Å²) in [4.78, 5) is 50.5. The molecule has 1 aliphatic heterocycles. The van der Waals surface area contributed by atoms with Gasteiger partial charge in [0.15, 0.2) is 5.13 Å². The molecule has 1 unspecified atom stereocenters. The zero-order valence-corrected chi connectivity index (χ0v) is 23.5. The average molecular weight is 563 g/mol. The molecule has 10 heteroatoms. The number of pyridine rings is 1. The number of aromatic nitrogens is 2. The van der Waals surface area contributed by atoms with Crippen molar-refractivity contribution >= 4 is 40.1 Å². The second kappa shape index (κ2) is 11.2. The summed E-state index contributed by atoms with van der Waals surface area (Å²) >= 11 is 1.41. The number of carbonyl (C=O) groups excluding carboxylic acids is 2. The molecular weight excluding hydrogens is 528 g/mol. The number of amides is 2. The minimum absolute atomic E-state index is 0.0713. The summed E-state index contributed by atoms with van der Waals surface area (Å²) in [6.45, 7) is 2.56. The lowest BCUT2D eigenvalue weighted by molar-refractivity contribution is -0.141. The number of furan rings is 1. The number of anilines is 2. The molecule has 4 heterocycles. The molecule has 3 aromatic heterocycles. The van der Waals surface area contributed by atoms with Gasteiger partial charge in [0.25, 0.3) is 0 Å². The van der Waals surface area contributed by atoms with E-state index < -0.39 is 11.9 Å². The predicted octanol–water partition coefficient (Wildman–Crippen LogP) is 6.07. The number of hydrogen-bond donors (Lipinski definition) is 1. The molecule has 0 radical (unpaired) electrons. The zero-order valence-electron chi connectivity index (χ0n) is 22.7. The molecule has 2 aliphatic carbocycles. The number of thiazole rings is 1. The monoisotopic (exact) mass is 562 g/mol. The third-order valence-electron chi connectivity index (χ3n) is 8.20. The Hall–Kier alpha value is -3.53. The van der Waals surface area contributed by atoms with Gasteiger partial charge < -0.3 is 9.52 Å². The van der Waals surface area contributed by atoms with Crippen LogP contribution in [-0.2, 0) is 14.4 Å². The van der Waals surface area contributed by atoms with Crippen molar-refractivity contribution in [2.75, 3.05) is 16.3 Å². The lowest BCUT2D eigenvalue weighted by Gasteiger charge is -2.26. The number of carboxylic acid groups (broad SMARTS) is 1. The van der Waals surface area contributed by atoms with Gasteiger partial charge in [-0.2, -0.15) is 0 Å². The predicted molar refractivity (Wildman–Crippen MR) is 152 cm³/mol. The van der Waals surface area contributed by atoms with Crippen LogP contribution in [0.1, 0.15) is 70.0 Å². The number of carboxylic acids is 1. The highest BCUT2D eigenvalue weighted by Crippen LogP contribution is 2.41. The molecule has 2 saturated carbocycles. The van der Waals surface area contributed by atoms with Crippen molar-refractivity contribution in [3.63, 3.8) is 0 Å². The molecule has 40 heavy (non-hydrogen) atoms. The quantitative estimate of drug-likeness (QED) is 0.319. The van der Waals surface area contributed by atoms with Crippen LogP contribution in [0.25, 0.3) is 22.6 Å². The van der Waals surface area contributed by atoms with Gasteiger partial charge in [-0.1, -0.05) is 25.7 Å². The molecule has 0 aromatic carbocycles. The molecule has 0 bridgehead atoms. The molecule has 2 amide bonds. The van der Waals surface area contributed by atoms with E-state index in [-0.39, 0.29) is 24.3 Å². The number of carbonyl (C=O) groups is 3. The zero-order chi connectivity index (χ0) is 27.8. The topological polar surface area (TPSA) is 117 Å². The van der Waals surface area contributed by atoms with Gasteiger partial charge in [-0.3, -0.25) is 24.2 Å². The third kappa shape index (κ3) is 5.54. The van der Waals surface area contributed by atoms with Crippen LogP contribution in [0.4, 0.5) is 10.9 Å². The van der Waals surface area contributed by atoms with Gasteiger partial charge >= 0.3 is 5.97 Å². The molecule has 210 valence electrons. The van der Waals surface area contributed by atoms with E-state index in [1.807, 2.05) is 30.5 Å². The molecule has 1 atom stereocenters. The van der Waals surface area contributed by atoms with Gasteiger partial charge in [-0.25, -0.2) is 9.97 Å². The van der Waals surface area contributed by atoms with E-state index in [0.717, 1.165) is 61.8 Å². The highest BCUT2D eigenvalue weighted by atomic mass is 32.1. The first kappa shape index (κ1) is 26.7. The summed E-state index contributed by atoms with van der Waals surface area (Å²) in [5, 5.41) is 12.1. The summed E-state index contributed by atoms with van der Waals surface area (Å²) < 4.78 is 6.07. The Bertz CT molecular complexity index is 1400. The van der Waals surface area contributed by atoms with Gasteiger partial charge in [0, 0.05) is 47.6 Å². The Kier molecular flexibility index (Phi) is 7.44. The van der Waals surface area contributed by atoms with E-state index >= 15 is 0 Å². The first-order chi connectivity index (χ1) is 19.4. The number of nitrogens with zero attached hydrogens (tertiary/aromatic N) is 4. The smallest absolute Gasteiger partial charge is 0.304 e. The van der Waals surface area contributed by atoms with E-state index in [0.29, 0.717) is 47.7 Å². The molecule has 3 aliphatic rings. The Morgan fingerprint density at radius 3 is 2.65 bits per heavy atom. The van der Waals surface area contributed by atoms with Crippen molar-refractivity contribution in [3.8, 4) is 22.6 Å². The molecule has 3 aromatic rings. The van der Waals surface area contributed by atoms with Gasteiger partial charge in [0.2, 0.25) is 11.8 Å². The molecule has 1 saturated heterocycles. The number of hydrogen-bond acceptors (Lipinski definition) is 7. The van der Waals surface area contributed by atoms with Crippen LogP contribution >= 0.6 is 11.3 Å². The van der Waals surface area contributed by atoms with E-state index in [2.05, 4.69) is 4.98 Å². The van der Waals surface area contributed by atoms with Crippen molar-refractivity contribution in [1.82, 2.24) is 9.97 Å². The van der Waals surface area contributed by atoms with E-state index in [1.54, 1.807) is 16.0 Å². The first-order valence-corrected chi connectivity index (χ1v) is 15.1. The van der Waals surface area contributed by atoms with Crippen molar-refractivity contribution < 1.29 is 23.9 Å². The van der Waals surface area contributed by atoms with Crippen molar-refractivity contribution in [3.05, 3.63) is 35.5 Å². The lowest BCUT2D eigenvalue weighted by Crippen LogP contribution is -2.39. The Morgan fingerprint density at radius 2 is 2.00 bits per heavy atom. The maximum atomic E-state index is 13.8. The van der Waals surface area contributed by atoms with Crippen molar-refractivity contribution in [1.29, 1.82) is 0 Å². The largest absolute Gasteiger partial charge is 0.481 e. The fourth-order valence-electron chi connectivity index (χ4n) is 6.08. The van der Waals surface area contributed by atoms with Crippen molar-refractivity contribution in [2.24, 2.45) is 11.8 Å². The minimum Gasteiger partial charge on any atom is -0.481 e. The third-order valence-corrected chi connectivity index (χ3v) is 9.04. The maximum Gasteiger partial charge on any atom is 0.304 e. The fraction of sp³-hybridized carbons (Fsp3) is 0.500. The lowest BCUT2D eigenvalue weighted by atomic mass is 9.90. The first-order valence-electron chi connectivity index (χ1n) is 14.3. The molecular formula is C30H34N4O5S. The highest BCUT2D eigenvalue weighted by molar-refractivity contribution is 7.14. The van der Waals surface area contributed by atoms with Crippen LogP contribution in [0.15, 0.2) is 34.2 Å². The summed E-state index contributed by atoms with van der Waals surface area (Å²) in [6, 6.07) is 5.75. The average Bonchev–Trinajstić information content (AvgIpc) is 3.34. The summed E-state index contributed by atoms with van der Waals surface area (Å²) in [7, 11) is 0. The van der Waals surface area contributed by atoms with Crippen molar-refractivity contribution in [2.45, 2.75) is 77.2 Å². The van der Waals surface area contributed by atoms with Crippen LogP contribution in [0.3, 0.4) is 0 Å². The van der Waals surface area contributed by atoms with Crippen LogP contribution in [0.2, 0.25) is 0 Å². The molecule has 6 rings (SSSR count).